The molecule has 0 aliphatic carbocycles. The van der Waals surface area contributed by atoms with Crippen molar-refractivity contribution in [2.45, 2.75) is 32.8 Å². The standard InChI is InChI=1S/C30H32N8O4/c1-2-41-27-19-23(13-16-26(27)42-21-22-11-14-25(15-12-22)38(39)40)20-31-36-29-33-28(32-24-9-5-3-6-10-24)34-30(35-29)37-17-7-4-8-18-37/h3,5-6,9-16,19-20H,2,4,7-8,17-18,21H2,1H3,(H2,32,33,34,35,36)/b31-20-. The number of nitrogens with one attached hydrogen (secondary N) is 2. The lowest BCUT2D eigenvalue weighted by atomic mass is 10.1. The van der Waals surface area contributed by atoms with Crippen molar-refractivity contribution in [3.05, 3.63) is 94.0 Å². The SMILES string of the molecule is CCOc1cc(/C=N\Nc2nc(Nc3ccccc3)nc(N3CCCCC3)n2)ccc1OCc1ccc([N+](=O)[O-])cc1. The summed E-state index contributed by atoms with van der Waals surface area (Å²) in [7, 11) is 0. The Balaban J connectivity index is 1.28. The number of benzene rings is 3. The number of nitro groups is 1. The molecule has 216 valence electrons. The van der Waals surface area contributed by atoms with Gasteiger partial charge >= 0.3 is 0 Å². The minimum absolute atomic E-state index is 0.0366. The molecule has 0 atom stereocenters. The fraction of sp³-hybridized carbons (Fsp3) is 0.267. The average Bonchev–Trinajstić information content (AvgIpc) is 3.02. The predicted octanol–water partition coefficient (Wildman–Crippen LogP) is 5.94. The summed E-state index contributed by atoms with van der Waals surface area (Å²) < 4.78 is 11.7. The number of hydrogen-bond donors (Lipinski definition) is 2. The second-order valence-electron chi connectivity index (χ2n) is 9.54. The fourth-order valence-corrected chi connectivity index (χ4v) is 4.39. The first-order chi connectivity index (χ1) is 20.6. The maximum absolute atomic E-state index is 10.9. The number of hydrazone groups is 1. The van der Waals surface area contributed by atoms with Gasteiger partial charge in [-0.25, -0.2) is 5.43 Å². The topological polar surface area (TPSA) is 140 Å². The highest BCUT2D eigenvalue weighted by Crippen LogP contribution is 2.29. The van der Waals surface area contributed by atoms with E-state index in [1.54, 1.807) is 24.4 Å². The Bertz CT molecular complexity index is 1510. The molecule has 2 heterocycles. The van der Waals surface area contributed by atoms with E-state index in [1.807, 2.05) is 49.4 Å². The van der Waals surface area contributed by atoms with Gasteiger partial charge in [-0.1, -0.05) is 18.2 Å². The first-order valence-corrected chi connectivity index (χ1v) is 13.8. The smallest absolute Gasteiger partial charge is 0.269 e. The number of nitrogens with zero attached hydrogens (tertiary/aromatic N) is 6. The quantitative estimate of drug-likeness (QED) is 0.120. The van der Waals surface area contributed by atoms with Gasteiger partial charge in [0.2, 0.25) is 17.8 Å². The van der Waals surface area contributed by atoms with Crippen molar-refractivity contribution in [1.82, 2.24) is 15.0 Å². The van der Waals surface area contributed by atoms with Crippen LogP contribution in [0.15, 0.2) is 77.9 Å². The van der Waals surface area contributed by atoms with E-state index in [1.165, 1.54) is 18.6 Å². The van der Waals surface area contributed by atoms with Gasteiger partial charge in [-0.2, -0.15) is 20.1 Å². The highest BCUT2D eigenvalue weighted by atomic mass is 16.6. The summed E-state index contributed by atoms with van der Waals surface area (Å²) in [6, 6.07) is 21.5. The summed E-state index contributed by atoms with van der Waals surface area (Å²) in [5.74, 6) is 2.48. The number of ether oxygens (including phenoxy) is 2. The number of nitro benzene ring substituents is 1. The maximum atomic E-state index is 10.9. The molecule has 4 aromatic rings. The van der Waals surface area contributed by atoms with Crippen LogP contribution in [0.25, 0.3) is 0 Å². The van der Waals surface area contributed by atoms with E-state index in [0.717, 1.165) is 42.7 Å². The minimum Gasteiger partial charge on any atom is -0.490 e. The molecular formula is C30H32N8O4. The van der Waals surface area contributed by atoms with Crippen LogP contribution in [0, 0.1) is 10.1 Å². The van der Waals surface area contributed by atoms with Crippen LogP contribution in [0.2, 0.25) is 0 Å². The summed E-state index contributed by atoms with van der Waals surface area (Å²) in [5, 5.41) is 18.5. The number of anilines is 4. The van der Waals surface area contributed by atoms with Crippen LogP contribution in [-0.4, -0.2) is 45.8 Å². The first-order valence-electron chi connectivity index (χ1n) is 13.8. The average molecular weight is 569 g/mol. The third-order valence-corrected chi connectivity index (χ3v) is 6.48. The lowest BCUT2D eigenvalue weighted by Crippen LogP contribution is -2.31. The van der Waals surface area contributed by atoms with E-state index < -0.39 is 4.92 Å². The van der Waals surface area contributed by atoms with Crippen LogP contribution in [0.3, 0.4) is 0 Å². The number of aromatic nitrogens is 3. The molecular weight excluding hydrogens is 536 g/mol. The van der Waals surface area contributed by atoms with Crippen molar-refractivity contribution in [1.29, 1.82) is 0 Å². The Labute approximate surface area is 243 Å². The molecule has 5 rings (SSSR count). The van der Waals surface area contributed by atoms with Crippen molar-refractivity contribution in [2.24, 2.45) is 5.10 Å². The lowest BCUT2D eigenvalue weighted by molar-refractivity contribution is -0.384. The molecule has 1 aliphatic rings. The highest BCUT2D eigenvalue weighted by Gasteiger charge is 2.16. The van der Waals surface area contributed by atoms with Crippen LogP contribution in [-0.2, 0) is 6.61 Å². The van der Waals surface area contributed by atoms with E-state index in [2.05, 4.69) is 35.7 Å². The molecule has 0 saturated carbocycles. The van der Waals surface area contributed by atoms with Crippen molar-refractivity contribution in [3.8, 4) is 11.5 Å². The third-order valence-electron chi connectivity index (χ3n) is 6.48. The largest absolute Gasteiger partial charge is 0.490 e. The van der Waals surface area contributed by atoms with Crippen LogP contribution < -0.4 is 25.1 Å². The number of hydrogen-bond acceptors (Lipinski definition) is 11. The van der Waals surface area contributed by atoms with Crippen molar-refractivity contribution < 1.29 is 14.4 Å². The zero-order chi connectivity index (χ0) is 29.1. The van der Waals surface area contributed by atoms with E-state index >= 15 is 0 Å². The first kappa shape index (κ1) is 28.3. The molecule has 0 bridgehead atoms. The highest BCUT2D eigenvalue weighted by molar-refractivity contribution is 5.81. The Kier molecular flexibility index (Phi) is 9.35. The van der Waals surface area contributed by atoms with Crippen molar-refractivity contribution in [2.75, 3.05) is 35.3 Å². The molecule has 0 spiro atoms. The lowest BCUT2D eigenvalue weighted by Gasteiger charge is -2.26. The van der Waals surface area contributed by atoms with Crippen LogP contribution in [0.5, 0.6) is 11.5 Å². The molecule has 2 N–H and O–H groups in total. The number of rotatable bonds is 12. The van der Waals surface area contributed by atoms with Gasteiger partial charge in [0, 0.05) is 30.9 Å². The zero-order valence-electron chi connectivity index (χ0n) is 23.3. The molecule has 1 aliphatic heterocycles. The van der Waals surface area contributed by atoms with Crippen LogP contribution >= 0.6 is 0 Å². The van der Waals surface area contributed by atoms with Gasteiger partial charge < -0.3 is 19.7 Å². The molecule has 0 amide bonds. The zero-order valence-corrected chi connectivity index (χ0v) is 23.3. The van der Waals surface area contributed by atoms with Gasteiger partial charge in [0.25, 0.3) is 5.69 Å². The molecule has 0 unspecified atom stereocenters. The van der Waals surface area contributed by atoms with Gasteiger partial charge in [0.05, 0.1) is 17.7 Å². The Morgan fingerprint density at radius 1 is 0.929 bits per heavy atom. The fourth-order valence-electron chi connectivity index (χ4n) is 4.39. The van der Waals surface area contributed by atoms with Gasteiger partial charge in [0.1, 0.15) is 6.61 Å². The van der Waals surface area contributed by atoms with E-state index in [0.29, 0.717) is 36.0 Å². The van der Waals surface area contributed by atoms with Crippen molar-refractivity contribution >= 4 is 35.4 Å². The van der Waals surface area contributed by atoms with Crippen molar-refractivity contribution in [3.63, 3.8) is 0 Å². The van der Waals surface area contributed by atoms with E-state index in [4.69, 9.17) is 9.47 Å². The molecule has 1 aromatic heterocycles. The predicted molar refractivity (Wildman–Crippen MR) is 162 cm³/mol. The molecule has 12 nitrogen and oxygen atoms in total. The minimum atomic E-state index is -0.429. The molecule has 1 saturated heterocycles. The molecule has 0 radical (unpaired) electrons. The van der Waals surface area contributed by atoms with E-state index in [9.17, 15) is 10.1 Å². The summed E-state index contributed by atoms with van der Waals surface area (Å²) >= 11 is 0. The summed E-state index contributed by atoms with van der Waals surface area (Å²) in [5.41, 5.74) is 5.44. The van der Waals surface area contributed by atoms with E-state index in [-0.39, 0.29) is 12.3 Å². The Hall–Kier alpha value is -5.26. The second kappa shape index (κ2) is 13.9. The Morgan fingerprint density at radius 2 is 1.69 bits per heavy atom. The summed E-state index contributed by atoms with van der Waals surface area (Å²) in [6.45, 7) is 4.38. The monoisotopic (exact) mass is 568 g/mol. The van der Waals surface area contributed by atoms with Crippen LogP contribution in [0.4, 0.5) is 29.2 Å². The van der Waals surface area contributed by atoms with Gasteiger partial charge in [-0.05, 0) is 79.8 Å². The summed E-state index contributed by atoms with van der Waals surface area (Å²) in [4.78, 5) is 26.4. The summed E-state index contributed by atoms with van der Waals surface area (Å²) in [6.07, 6.45) is 5.06. The second-order valence-corrected chi connectivity index (χ2v) is 9.54. The normalized spacial score (nSPS) is 13.1. The number of para-hydroxylation sites is 1. The van der Waals surface area contributed by atoms with Gasteiger partial charge in [-0.3, -0.25) is 10.1 Å². The third kappa shape index (κ3) is 7.68. The molecule has 12 heteroatoms. The van der Waals surface area contributed by atoms with Gasteiger partial charge in [0.15, 0.2) is 11.5 Å². The van der Waals surface area contributed by atoms with Crippen LogP contribution in [0.1, 0.15) is 37.3 Å². The van der Waals surface area contributed by atoms with Gasteiger partial charge in [-0.15, -0.1) is 0 Å². The number of piperidine rings is 1. The molecule has 42 heavy (non-hydrogen) atoms. The molecule has 1 fully saturated rings. The maximum Gasteiger partial charge on any atom is 0.269 e. The Morgan fingerprint density at radius 3 is 2.43 bits per heavy atom. The molecule has 3 aromatic carbocycles. The number of non-ortho nitro benzene ring substituents is 1.